The van der Waals surface area contributed by atoms with Crippen molar-refractivity contribution in [1.82, 2.24) is 10.3 Å². The van der Waals surface area contributed by atoms with Gasteiger partial charge in [0.2, 0.25) is 0 Å². The summed E-state index contributed by atoms with van der Waals surface area (Å²) in [5.74, 6) is 0.816. The van der Waals surface area contributed by atoms with Crippen LogP contribution in [0.25, 0.3) is 0 Å². The quantitative estimate of drug-likeness (QED) is 0.756. The maximum Gasteiger partial charge on any atom is 0.132 e. The van der Waals surface area contributed by atoms with Crippen molar-refractivity contribution in [1.29, 1.82) is 0 Å². The van der Waals surface area contributed by atoms with Crippen molar-refractivity contribution in [2.45, 2.75) is 19.4 Å². The SMILES string of the molecule is Cc1cc(N2C[C@@H]3CCN[C@@H]3C2)cnc1Cl. The summed E-state index contributed by atoms with van der Waals surface area (Å²) in [6.07, 6.45) is 3.19. The third-order valence-corrected chi connectivity index (χ3v) is 4.12. The van der Waals surface area contributed by atoms with Crippen LogP contribution in [0.5, 0.6) is 0 Å². The summed E-state index contributed by atoms with van der Waals surface area (Å²) in [5, 5.41) is 4.17. The second-order valence-electron chi connectivity index (χ2n) is 4.82. The summed E-state index contributed by atoms with van der Waals surface area (Å²) < 4.78 is 0. The molecule has 2 saturated heterocycles. The fraction of sp³-hybridized carbons (Fsp3) is 0.583. The Hall–Kier alpha value is -0.800. The molecule has 2 aliphatic heterocycles. The van der Waals surface area contributed by atoms with Crippen molar-refractivity contribution in [2.75, 3.05) is 24.5 Å². The number of hydrogen-bond acceptors (Lipinski definition) is 3. The number of aromatic nitrogens is 1. The molecule has 4 heteroatoms. The molecule has 0 aliphatic carbocycles. The van der Waals surface area contributed by atoms with Gasteiger partial charge in [-0.15, -0.1) is 0 Å². The maximum absolute atomic E-state index is 5.94. The van der Waals surface area contributed by atoms with Crippen LogP contribution in [0.3, 0.4) is 0 Å². The lowest BCUT2D eigenvalue weighted by atomic mass is 10.1. The number of pyridine rings is 1. The molecule has 3 heterocycles. The first kappa shape index (κ1) is 10.4. The highest BCUT2D eigenvalue weighted by molar-refractivity contribution is 6.30. The Morgan fingerprint density at radius 3 is 3.12 bits per heavy atom. The third-order valence-electron chi connectivity index (χ3n) is 3.73. The third kappa shape index (κ3) is 1.68. The minimum absolute atomic E-state index is 0.612. The van der Waals surface area contributed by atoms with Gasteiger partial charge in [-0.2, -0.15) is 0 Å². The van der Waals surface area contributed by atoms with Gasteiger partial charge in [0.25, 0.3) is 0 Å². The number of anilines is 1. The molecule has 3 rings (SSSR count). The minimum Gasteiger partial charge on any atom is -0.368 e. The van der Waals surface area contributed by atoms with Gasteiger partial charge in [0.1, 0.15) is 5.15 Å². The summed E-state index contributed by atoms with van der Waals surface area (Å²) in [5.41, 5.74) is 2.27. The van der Waals surface area contributed by atoms with E-state index in [1.54, 1.807) is 0 Å². The first-order chi connectivity index (χ1) is 7.74. The Morgan fingerprint density at radius 2 is 2.38 bits per heavy atom. The van der Waals surface area contributed by atoms with Crippen LogP contribution in [-0.4, -0.2) is 30.7 Å². The molecule has 0 unspecified atom stereocenters. The molecule has 0 spiro atoms. The molecule has 1 N–H and O–H groups in total. The average Bonchev–Trinajstić information content (AvgIpc) is 2.81. The first-order valence-corrected chi connectivity index (χ1v) is 6.22. The van der Waals surface area contributed by atoms with E-state index >= 15 is 0 Å². The standard InChI is InChI=1S/C12H16ClN3/c1-8-4-10(5-15-12(8)13)16-6-9-2-3-14-11(9)7-16/h4-5,9,11,14H,2-3,6-7H2,1H3/t9-,11+/m0/s1. The number of nitrogens with one attached hydrogen (secondary N) is 1. The summed E-state index contributed by atoms with van der Waals surface area (Å²) in [6.45, 7) is 5.45. The van der Waals surface area contributed by atoms with Crippen LogP contribution in [-0.2, 0) is 0 Å². The van der Waals surface area contributed by atoms with E-state index in [1.165, 1.54) is 18.7 Å². The number of rotatable bonds is 1. The molecule has 3 nitrogen and oxygen atoms in total. The van der Waals surface area contributed by atoms with Crippen LogP contribution in [0, 0.1) is 12.8 Å². The van der Waals surface area contributed by atoms with Gasteiger partial charge in [0.15, 0.2) is 0 Å². The van der Waals surface area contributed by atoms with E-state index in [1.807, 2.05) is 13.1 Å². The predicted octanol–water partition coefficient (Wildman–Crippen LogP) is 1.84. The van der Waals surface area contributed by atoms with Crippen LogP contribution >= 0.6 is 11.6 Å². The highest BCUT2D eigenvalue weighted by Gasteiger charge is 2.35. The predicted molar refractivity (Wildman–Crippen MR) is 66.1 cm³/mol. The zero-order valence-corrected chi connectivity index (χ0v) is 10.2. The fourth-order valence-electron chi connectivity index (χ4n) is 2.78. The minimum atomic E-state index is 0.612. The molecule has 0 aromatic carbocycles. The summed E-state index contributed by atoms with van der Waals surface area (Å²) in [6, 6.07) is 2.81. The Morgan fingerprint density at radius 1 is 1.50 bits per heavy atom. The lowest BCUT2D eigenvalue weighted by Gasteiger charge is -2.19. The molecule has 1 aromatic rings. The molecule has 0 bridgehead atoms. The van der Waals surface area contributed by atoms with E-state index in [0.717, 1.165) is 24.6 Å². The van der Waals surface area contributed by atoms with E-state index in [0.29, 0.717) is 11.2 Å². The highest BCUT2D eigenvalue weighted by Crippen LogP contribution is 2.29. The molecule has 2 atom stereocenters. The van der Waals surface area contributed by atoms with Crippen molar-refractivity contribution in [3.8, 4) is 0 Å². The monoisotopic (exact) mass is 237 g/mol. The first-order valence-electron chi connectivity index (χ1n) is 5.84. The molecular weight excluding hydrogens is 222 g/mol. The average molecular weight is 238 g/mol. The lowest BCUT2D eigenvalue weighted by Crippen LogP contribution is -2.30. The molecule has 0 amide bonds. The molecule has 2 aliphatic rings. The normalized spacial score (nSPS) is 28.5. The molecule has 0 radical (unpaired) electrons. The van der Waals surface area contributed by atoms with Crippen LogP contribution in [0.4, 0.5) is 5.69 Å². The van der Waals surface area contributed by atoms with Gasteiger partial charge in [0, 0.05) is 19.1 Å². The molecule has 86 valence electrons. The topological polar surface area (TPSA) is 28.2 Å². The number of nitrogens with zero attached hydrogens (tertiary/aromatic N) is 2. The van der Waals surface area contributed by atoms with Crippen LogP contribution in [0.15, 0.2) is 12.3 Å². The van der Waals surface area contributed by atoms with Gasteiger partial charge in [-0.1, -0.05) is 11.6 Å². The second-order valence-corrected chi connectivity index (χ2v) is 5.17. The van der Waals surface area contributed by atoms with Gasteiger partial charge >= 0.3 is 0 Å². The Bertz CT molecular complexity index is 395. The van der Waals surface area contributed by atoms with Crippen molar-refractivity contribution in [2.24, 2.45) is 5.92 Å². The maximum atomic E-state index is 5.94. The number of hydrogen-bond donors (Lipinski definition) is 1. The number of halogens is 1. The summed E-state index contributed by atoms with van der Waals surface area (Å²) in [7, 11) is 0. The van der Waals surface area contributed by atoms with Crippen molar-refractivity contribution in [3.63, 3.8) is 0 Å². The second kappa shape index (κ2) is 3.90. The van der Waals surface area contributed by atoms with Crippen molar-refractivity contribution >= 4 is 17.3 Å². The molecule has 1 aromatic heterocycles. The van der Waals surface area contributed by atoms with Gasteiger partial charge in [0.05, 0.1) is 11.9 Å². The Labute approximate surface area is 101 Å². The smallest absolute Gasteiger partial charge is 0.132 e. The van der Waals surface area contributed by atoms with Gasteiger partial charge < -0.3 is 10.2 Å². The summed E-state index contributed by atoms with van der Waals surface area (Å²) >= 11 is 5.94. The summed E-state index contributed by atoms with van der Waals surface area (Å²) in [4.78, 5) is 6.64. The molecular formula is C12H16ClN3. The largest absolute Gasteiger partial charge is 0.368 e. The molecule has 2 fully saturated rings. The van der Waals surface area contributed by atoms with Crippen LogP contribution in [0.2, 0.25) is 5.15 Å². The zero-order valence-electron chi connectivity index (χ0n) is 9.41. The van der Waals surface area contributed by atoms with Crippen molar-refractivity contribution in [3.05, 3.63) is 23.0 Å². The van der Waals surface area contributed by atoms with E-state index < -0.39 is 0 Å². The van der Waals surface area contributed by atoms with E-state index in [2.05, 4.69) is 21.3 Å². The zero-order chi connectivity index (χ0) is 11.1. The number of fused-ring (bicyclic) bond motifs is 1. The molecule has 0 saturated carbocycles. The van der Waals surface area contributed by atoms with Gasteiger partial charge in [-0.05, 0) is 37.4 Å². The molecule has 16 heavy (non-hydrogen) atoms. The van der Waals surface area contributed by atoms with E-state index in [4.69, 9.17) is 11.6 Å². The lowest BCUT2D eigenvalue weighted by molar-refractivity contribution is 0.556. The van der Waals surface area contributed by atoms with Gasteiger partial charge in [-0.25, -0.2) is 4.98 Å². The van der Waals surface area contributed by atoms with E-state index in [9.17, 15) is 0 Å². The van der Waals surface area contributed by atoms with E-state index in [-0.39, 0.29) is 0 Å². The van der Waals surface area contributed by atoms with Crippen LogP contribution in [0.1, 0.15) is 12.0 Å². The number of aryl methyl sites for hydroxylation is 1. The highest BCUT2D eigenvalue weighted by atomic mass is 35.5. The Balaban J connectivity index is 1.81. The van der Waals surface area contributed by atoms with Gasteiger partial charge in [-0.3, -0.25) is 0 Å². The Kier molecular flexibility index (Phi) is 2.52. The van der Waals surface area contributed by atoms with Crippen molar-refractivity contribution < 1.29 is 0 Å². The van der Waals surface area contributed by atoms with Crippen LogP contribution < -0.4 is 10.2 Å². The fourth-order valence-corrected chi connectivity index (χ4v) is 2.88.